The lowest BCUT2D eigenvalue weighted by molar-refractivity contribution is -0.388. The maximum atomic E-state index is 13.0. The van der Waals surface area contributed by atoms with Gasteiger partial charge in [0.25, 0.3) is 11.6 Å². The maximum absolute atomic E-state index is 13.0. The molecule has 0 bridgehead atoms. The topological polar surface area (TPSA) is 89.7 Å². The monoisotopic (exact) mass is 516 g/mol. The summed E-state index contributed by atoms with van der Waals surface area (Å²) in [6, 6.07) is 15.7. The van der Waals surface area contributed by atoms with Crippen LogP contribution in [0.5, 0.6) is 0 Å². The average Bonchev–Trinajstić information content (AvgIpc) is 3.27. The molecule has 0 aromatic heterocycles. The van der Waals surface area contributed by atoms with Gasteiger partial charge in [-0.05, 0) is 49.2 Å². The number of alkyl halides is 3. The van der Waals surface area contributed by atoms with Crippen LogP contribution in [0.4, 0.5) is 24.5 Å². The van der Waals surface area contributed by atoms with Gasteiger partial charge in [-0.25, -0.2) is 4.79 Å². The van der Waals surface area contributed by atoms with Crippen LogP contribution in [0, 0.1) is 10.1 Å². The fraction of sp³-hybridized carbons (Fsp3) is 0.200. The number of halogens is 3. The van der Waals surface area contributed by atoms with Crippen molar-refractivity contribution in [2.24, 2.45) is 0 Å². The summed E-state index contributed by atoms with van der Waals surface area (Å²) >= 11 is 0.763. The van der Waals surface area contributed by atoms with Crippen molar-refractivity contribution in [1.29, 1.82) is 0 Å². The number of esters is 1. The van der Waals surface area contributed by atoms with Crippen molar-refractivity contribution in [1.82, 2.24) is 0 Å². The maximum Gasteiger partial charge on any atom is 0.416 e. The third-order valence-corrected chi connectivity index (χ3v) is 6.74. The van der Waals surface area contributed by atoms with E-state index in [1.54, 1.807) is 17.0 Å². The van der Waals surface area contributed by atoms with E-state index in [0.29, 0.717) is 19.0 Å². The molecule has 0 fully saturated rings. The van der Waals surface area contributed by atoms with E-state index in [2.05, 4.69) is 0 Å². The quantitative estimate of drug-likeness (QED) is 0.230. The van der Waals surface area contributed by atoms with Crippen LogP contribution in [0.3, 0.4) is 0 Å². The van der Waals surface area contributed by atoms with Gasteiger partial charge in [0.05, 0.1) is 20.9 Å². The fourth-order valence-corrected chi connectivity index (χ4v) is 4.85. The highest BCUT2D eigenvalue weighted by Gasteiger charge is 2.34. The standard InChI is InChI=1S/C25H19F3N2O5S/c1-15(23(31)29-13-12-16-6-2-4-8-19(16)29)35-24(32)18-7-3-5-9-21(18)36-22-11-10-17(25(26,27)28)14-20(22)30(33)34/h2-11,14-15H,12-13H2,1H3/t15-/m0/s1. The molecule has 36 heavy (non-hydrogen) atoms. The molecule has 7 nitrogen and oxygen atoms in total. The summed E-state index contributed by atoms with van der Waals surface area (Å²) < 4.78 is 44.5. The molecule has 3 aromatic carbocycles. The summed E-state index contributed by atoms with van der Waals surface area (Å²) in [6.07, 6.45) is -5.16. The minimum atomic E-state index is -4.74. The van der Waals surface area contributed by atoms with E-state index >= 15 is 0 Å². The number of anilines is 1. The van der Waals surface area contributed by atoms with Crippen LogP contribution < -0.4 is 4.90 Å². The van der Waals surface area contributed by atoms with E-state index in [9.17, 15) is 32.9 Å². The van der Waals surface area contributed by atoms with Gasteiger partial charge >= 0.3 is 12.1 Å². The van der Waals surface area contributed by atoms with E-state index in [0.717, 1.165) is 35.1 Å². The molecule has 0 saturated carbocycles. The molecule has 1 heterocycles. The molecule has 3 aromatic rings. The second-order valence-electron chi connectivity index (χ2n) is 7.95. The van der Waals surface area contributed by atoms with Crippen LogP contribution in [0.15, 0.2) is 76.5 Å². The zero-order chi connectivity index (χ0) is 26.0. The highest BCUT2D eigenvalue weighted by atomic mass is 32.2. The normalized spacial score (nSPS) is 13.7. The smallest absolute Gasteiger partial charge is 0.416 e. The molecule has 1 aliphatic rings. The van der Waals surface area contributed by atoms with Crippen molar-refractivity contribution in [2.75, 3.05) is 11.4 Å². The summed E-state index contributed by atoms with van der Waals surface area (Å²) in [5.41, 5.74) is -0.0882. The van der Waals surface area contributed by atoms with Crippen molar-refractivity contribution in [3.63, 3.8) is 0 Å². The third kappa shape index (κ3) is 5.20. The Morgan fingerprint density at radius 1 is 1.06 bits per heavy atom. The molecule has 1 aliphatic heterocycles. The van der Waals surface area contributed by atoms with Crippen molar-refractivity contribution in [3.8, 4) is 0 Å². The van der Waals surface area contributed by atoms with Gasteiger partial charge in [-0.3, -0.25) is 14.9 Å². The van der Waals surface area contributed by atoms with Crippen LogP contribution in [-0.4, -0.2) is 29.4 Å². The second kappa shape index (κ2) is 10.0. The van der Waals surface area contributed by atoms with E-state index in [1.807, 2.05) is 24.3 Å². The lowest BCUT2D eigenvalue weighted by Crippen LogP contribution is -2.39. The molecule has 0 unspecified atom stereocenters. The minimum absolute atomic E-state index is 0.0261. The molecular formula is C25H19F3N2O5S. The summed E-state index contributed by atoms with van der Waals surface area (Å²) in [4.78, 5) is 38.1. The number of rotatable bonds is 6. The molecule has 186 valence electrons. The highest BCUT2D eigenvalue weighted by molar-refractivity contribution is 7.99. The molecule has 0 aliphatic carbocycles. The second-order valence-corrected chi connectivity index (χ2v) is 9.04. The summed E-state index contributed by atoms with van der Waals surface area (Å²) in [7, 11) is 0. The van der Waals surface area contributed by atoms with E-state index in [1.165, 1.54) is 19.1 Å². The first-order chi connectivity index (χ1) is 17.1. The van der Waals surface area contributed by atoms with Crippen LogP contribution in [-0.2, 0) is 22.1 Å². The zero-order valence-electron chi connectivity index (χ0n) is 18.8. The van der Waals surface area contributed by atoms with Gasteiger partial charge in [-0.1, -0.05) is 42.1 Å². The zero-order valence-corrected chi connectivity index (χ0v) is 19.6. The van der Waals surface area contributed by atoms with E-state index in [4.69, 9.17) is 4.74 Å². The van der Waals surface area contributed by atoms with Crippen LogP contribution in [0.2, 0.25) is 0 Å². The Bertz CT molecular complexity index is 1350. The number of carbonyl (C=O) groups is 2. The first-order valence-electron chi connectivity index (χ1n) is 10.8. The summed E-state index contributed by atoms with van der Waals surface area (Å²) in [5, 5.41) is 11.4. The number of nitro benzene ring substituents is 1. The van der Waals surface area contributed by atoms with Crippen LogP contribution >= 0.6 is 11.8 Å². The minimum Gasteiger partial charge on any atom is -0.449 e. The first-order valence-corrected chi connectivity index (χ1v) is 11.6. The average molecular weight is 516 g/mol. The number of nitro groups is 1. The number of hydrogen-bond acceptors (Lipinski definition) is 6. The molecule has 0 spiro atoms. The van der Waals surface area contributed by atoms with Gasteiger partial charge in [0.1, 0.15) is 0 Å². The highest BCUT2D eigenvalue weighted by Crippen LogP contribution is 2.40. The number of benzene rings is 3. The number of nitrogens with zero attached hydrogens (tertiary/aromatic N) is 2. The Morgan fingerprint density at radius 2 is 1.75 bits per heavy atom. The molecule has 1 atom stereocenters. The van der Waals surface area contributed by atoms with Crippen molar-refractivity contribution in [3.05, 3.63) is 93.5 Å². The van der Waals surface area contributed by atoms with Gasteiger partial charge in [-0.15, -0.1) is 0 Å². The van der Waals surface area contributed by atoms with Crippen LogP contribution in [0.1, 0.15) is 28.4 Å². The predicted molar refractivity (Wildman–Crippen MR) is 126 cm³/mol. The van der Waals surface area contributed by atoms with Gasteiger partial charge in [0.2, 0.25) is 0 Å². The predicted octanol–water partition coefficient (Wildman–Crippen LogP) is 5.90. The molecular weight excluding hydrogens is 497 g/mol. The molecule has 11 heteroatoms. The van der Waals surface area contributed by atoms with Crippen molar-refractivity contribution in [2.45, 2.75) is 35.4 Å². The Labute approximate surface area is 208 Å². The molecule has 4 rings (SSSR count). The largest absolute Gasteiger partial charge is 0.449 e. The number of fused-ring (bicyclic) bond motifs is 1. The molecule has 1 amide bonds. The lowest BCUT2D eigenvalue weighted by atomic mass is 10.2. The third-order valence-electron chi connectivity index (χ3n) is 5.59. The van der Waals surface area contributed by atoms with Gasteiger partial charge < -0.3 is 9.64 Å². The first kappa shape index (κ1) is 25.2. The summed E-state index contributed by atoms with van der Waals surface area (Å²) in [6.45, 7) is 1.92. The Kier molecular flexibility index (Phi) is 7.02. The Balaban J connectivity index is 1.54. The number of hydrogen-bond donors (Lipinski definition) is 0. The molecule has 0 N–H and O–H groups in total. The van der Waals surface area contributed by atoms with E-state index in [-0.39, 0.29) is 15.4 Å². The summed E-state index contributed by atoms with van der Waals surface area (Å²) in [5.74, 6) is -1.22. The van der Waals surface area contributed by atoms with Gasteiger partial charge in [0.15, 0.2) is 6.10 Å². The number of para-hydroxylation sites is 1. The molecule has 0 saturated heterocycles. The van der Waals surface area contributed by atoms with Crippen molar-refractivity contribution >= 4 is 35.0 Å². The lowest BCUT2D eigenvalue weighted by Gasteiger charge is -2.22. The van der Waals surface area contributed by atoms with Gasteiger partial charge in [0, 0.05) is 23.2 Å². The van der Waals surface area contributed by atoms with Crippen molar-refractivity contribution < 1.29 is 32.4 Å². The number of amides is 1. The van der Waals surface area contributed by atoms with Gasteiger partial charge in [-0.2, -0.15) is 13.2 Å². The Hall–Kier alpha value is -3.86. The Morgan fingerprint density at radius 3 is 2.47 bits per heavy atom. The fourth-order valence-electron chi connectivity index (χ4n) is 3.83. The number of ether oxygens (including phenoxy) is 1. The number of carbonyl (C=O) groups excluding carboxylic acids is 2. The SMILES string of the molecule is C[C@H](OC(=O)c1ccccc1Sc1ccc(C(F)(F)F)cc1[N+](=O)[O-])C(=O)N1CCc2ccccc21. The van der Waals surface area contributed by atoms with Crippen LogP contribution in [0.25, 0.3) is 0 Å². The van der Waals surface area contributed by atoms with E-state index < -0.39 is 40.3 Å². The molecule has 0 radical (unpaired) electrons.